The molecule has 3 aromatic carbocycles. The zero-order valence-corrected chi connectivity index (χ0v) is 17.3. The largest absolute Gasteiger partial charge is 0.481 e. The molecule has 0 saturated heterocycles. The van der Waals surface area contributed by atoms with Crippen LogP contribution in [-0.2, 0) is 20.7 Å². The molecule has 1 N–H and O–H groups in total. The molecule has 0 radical (unpaired) electrons. The Morgan fingerprint density at radius 2 is 1.61 bits per heavy atom. The second-order valence-corrected chi connectivity index (χ2v) is 7.52. The highest BCUT2D eigenvalue weighted by Gasteiger charge is 2.21. The van der Waals surface area contributed by atoms with Crippen molar-refractivity contribution in [1.29, 1.82) is 0 Å². The van der Waals surface area contributed by atoms with E-state index in [2.05, 4.69) is 11.4 Å². The van der Waals surface area contributed by atoms with Crippen molar-refractivity contribution < 1.29 is 19.1 Å². The Kier molecular flexibility index (Phi) is 6.62. The van der Waals surface area contributed by atoms with Crippen LogP contribution in [0.3, 0.4) is 0 Å². The van der Waals surface area contributed by atoms with Crippen LogP contribution in [0.4, 0.5) is 0 Å². The maximum absolute atomic E-state index is 12.3. The molecular weight excluding hydrogens is 390 g/mol. The third kappa shape index (κ3) is 5.31. The monoisotopic (exact) mass is 415 g/mol. The van der Waals surface area contributed by atoms with Gasteiger partial charge in [0, 0.05) is 5.56 Å². The van der Waals surface area contributed by atoms with Crippen LogP contribution in [0, 0.1) is 0 Å². The first-order valence-corrected chi connectivity index (χ1v) is 10.5. The molecule has 1 amide bonds. The number of ether oxygens (including phenoxy) is 2. The number of amides is 1. The van der Waals surface area contributed by atoms with Crippen LogP contribution in [0.5, 0.6) is 5.75 Å². The number of benzene rings is 3. The summed E-state index contributed by atoms with van der Waals surface area (Å²) in [6.45, 7) is -0.579. The molecule has 1 aliphatic rings. The first-order chi connectivity index (χ1) is 15.2. The van der Waals surface area contributed by atoms with E-state index in [1.807, 2.05) is 72.8 Å². The molecule has 1 atom stereocenters. The molecule has 0 aromatic heterocycles. The summed E-state index contributed by atoms with van der Waals surface area (Å²) in [4.78, 5) is 24.4. The Morgan fingerprint density at radius 3 is 2.48 bits per heavy atom. The standard InChI is InChI=1S/C26H25NO4/c28-25(27-23-15-8-12-19-11-4-5-13-21(19)23)17-31-26(29)18-30-24-16-7-6-14-22(24)20-9-2-1-3-10-20/h1-7,9-11,13-14,16,23H,8,12,15,17-18H2,(H,27,28)/t23-/m0/s1. The summed E-state index contributed by atoms with van der Waals surface area (Å²) in [5.41, 5.74) is 4.30. The van der Waals surface area contributed by atoms with Gasteiger partial charge in [0.2, 0.25) is 0 Å². The summed E-state index contributed by atoms with van der Waals surface area (Å²) < 4.78 is 10.8. The van der Waals surface area contributed by atoms with Crippen molar-refractivity contribution >= 4 is 11.9 Å². The van der Waals surface area contributed by atoms with E-state index >= 15 is 0 Å². The van der Waals surface area contributed by atoms with Gasteiger partial charge in [-0.05, 0) is 42.0 Å². The van der Waals surface area contributed by atoms with Gasteiger partial charge in [-0.3, -0.25) is 4.79 Å². The zero-order valence-electron chi connectivity index (χ0n) is 17.3. The number of hydrogen-bond donors (Lipinski definition) is 1. The lowest BCUT2D eigenvalue weighted by Gasteiger charge is -2.26. The molecule has 5 nitrogen and oxygen atoms in total. The molecule has 3 aromatic rings. The zero-order chi connectivity index (χ0) is 21.5. The maximum Gasteiger partial charge on any atom is 0.344 e. The first-order valence-electron chi connectivity index (χ1n) is 10.5. The summed E-state index contributed by atoms with van der Waals surface area (Å²) >= 11 is 0. The Hall–Kier alpha value is -3.60. The molecule has 0 saturated carbocycles. The van der Waals surface area contributed by atoms with Gasteiger partial charge in [-0.25, -0.2) is 4.79 Å². The number of aryl methyl sites for hydroxylation is 1. The van der Waals surface area contributed by atoms with Crippen LogP contribution < -0.4 is 10.1 Å². The molecule has 0 bridgehead atoms. The van der Waals surface area contributed by atoms with Gasteiger partial charge >= 0.3 is 5.97 Å². The van der Waals surface area contributed by atoms with Crippen molar-refractivity contribution in [3.05, 3.63) is 90.0 Å². The van der Waals surface area contributed by atoms with Gasteiger partial charge < -0.3 is 14.8 Å². The van der Waals surface area contributed by atoms with Gasteiger partial charge in [0.05, 0.1) is 6.04 Å². The summed E-state index contributed by atoms with van der Waals surface area (Å²) in [7, 11) is 0. The van der Waals surface area contributed by atoms with Crippen LogP contribution in [0.15, 0.2) is 78.9 Å². The Balaban J connectivity index is 1.28. The minimum Gasteiger partial charge on any atom is -0.481 e. The summed E-state index contributed by atoms with van der Waals surface area (Å²) in [6.07, 6.45) is 2.94. The van der Waals surface area contributed by atoms with Gasteiger partial charge in [0.15, 0.2) is 13.2 Å². The number of carbonyl (C=O) groups excluding carboxylic acids is 2. The number of para-hydroxylation sites is 1. The molecule has 1 aliphatic carbocycles. The number of carbonyl (C=O) groups is 2. The van der Waals surface area contributed by atoms with Crippen molar-refractivity contribution in [2.24, 2.45) is 0 Å². The van der Waals surface area contributed by atoms with E-state index in [1.165, 1.54) is 5.56 Å². The van der Waals surface area contributed by atoms with E-state index in [0.717, 1.165) is 36.0 Å². The average Bonchev–Trinajstić information content (AvgIpc) is 2.82. The van der Waals surface area contributed by atoms with Crippen LogP contribution >= 0.6 is 0 Å². The quantitative estimate of drug-likeness (QED) is 0.579. The highest BCUT2D eigenvalue weighted by molar-refractivity contribution is 5.81. The minimum atomic E-state index is -0.581. The second-order valence-electron chi connectivity index (χ2n) is 7.52. The van der Waals surface area contributed by atoms with Gasteiger partial charge in [-0.2, -0.15) is 0 Å². The SMILES string of the molecule is O=C(COC(=O)COc1ccccc1-c1ccccc1)N[C@H]1CCCc2ccccc21. The van der Waals surface area contributed by atoms with Crippen molar-refractivity contribution in [2.45, 2.75) is 25.3 Å². The Labute approximate surface area is 182 Å². The normalized spacial score (nSPS) is 14.9. The number of hydrogen-bond acceptors (Lipinski definition) is 4. The van der Waals surface area contributed by atoms with E-state index in [9.17, 15) is 9.59 Å². The fourth-order valence-corrected chi connectivity index (χ4v) is 3.91. The number of rotatable bonds is 7. The lowest BCUT2D eigenvalue weighted by Crippen LogP contribution is -2.34. The van der Waals surface area contributed by atoms with Gasteiger partial charge in [0.1, 0.15) is 5.75 Å². The van der Waals surface area contributed by atoms with Gasteiger partial charge in [0.25, 0.3) is 5.91 Å². The molecule has 0 aliphatic heterocycles. The minimum absolute atomic E-state index is 0.0369. The molecule has 5 heteroatoms. The van der Waals surface area contributed by atoms with Crippen LogP contribution in [0.25, 0.3) is 11.1 Å². The smallest absolute Gasteiger partial charge is 0.344 e. The lowest BCUT2D eigenvalue weighted by atomic mass is 9.88. The van der Waals surface area contributed by atoms with Crippen molar-refractivity contribution in [2.75, 3.05) is 13.2 Å². The van der Waals surface area contributed by atoms with E-state index in [4.69, 9.17) is 9.47 Å². The summed E-state index contributed by atoms with van der Waals surface area (Å²) in [5.74, 6) is -0.296. The van der Waals surface area contributed by atoms with Gasteiger partial charge in [-0.1, -0.05) is 72.8 Å². The van der Waals surface area contributed by atoms with Crippen molar-refractivity contribution in [3.63, 3.8) is 0 Å². The average molecular weight is 415 g/mol. The lowest BCUT2D eigenvalue weighted by molar-refractivity contribution is -0.150. The molecule has 0 unspecified atom stereocenters. The Morgan fingerprint density at radius 1 is 0.871 bits per heavy atom. The van der Waals surface area contributed by atoms with Crippen LogP contribution in [0.2, 0.25) is 0 Å². The molecule has 0 heterocycles. The molecular formula is C26H25NO4. The summed E-state index contributed by atoms with van der Waals surface area (Å²) in [5, 5.41) is 2.98. The topological polar surface area (TPSA) is 64.6 Å². The molecule has 0 fully saturated rings. The maximum atomic E-state index is 12.3. The van der Waals surface area contributed by atoms with Crippen LogP contribution in [0.1, 0.15) is 30.0 Å². The first kappa shape index (κ1) is 20.7. The third-order valence-corrected chi connectivity index (χ3v) is 5.39. The molecule has 0 spiro atoms. The fraction of sp³-hybridized carbons (Fsp3) is 0.231. The van der Waals surface area contributed by atoms with E-state index in [0.29, 0.717) is 5.75 Å². The third-order valence-electron chi connectivity index (χ3n) is 5.39. The van der Waals surface area contributed by atoms with Crippen LogP contribution in [-0.4, -0.2) is 25.1 Å². The predicted molar refractivity (Wildman–Crippen MR) is 119 cm³/mol. The Bertz CT molecular complexity index is 1050. The molecule has 4 rings (SSSR count). The fourth-order valence-electron chi connectivity index (χ4n) is 3.91. The van der Waals surface area contributed by atoms with E-state index in [-0.39, 0.29) is 25.2 Å². The molecule has 158 valence electrons. The van der Waals surface area contributed by atoms with Crippen molar-refractivity contribution in [1.82, 2.24) is 5.32 Å². The number of esters is 1. The molecule has 31 heavy (non-hydrogen) atoms. The highest BCUT2D eigenvalue weighted by Crippen LogP contribution is 2.30. The van der Waals surface area contributed by atoms with E-state index < -0.39 is 5.97 Å². The van der Waals surface area contributed by atoms with E-state index in [1.54, 1.807) is 0 Å². The second kappa shape index (κ2) is 9.94. The number of nitrogens with one attached hydrogen (secondary N) is 1. The summed E-state index contributed by atoms with van der Waals surface area (Å²) in [6, 6.07) is 25.4. The predicted octanol–water partition coefficient (Wildman–Crippen LogP) is 4.47. The highest BCUT2D eigenvalue weighted by atomic mass is 16.6. The van der Waals surface area contributed by atoms with Gasteiger partial charge in [-0.15, -0.1) is 0 Å². The number of fused-ring (bicyclic) bond motifs is 1. The van der Waals surface area contributed by atoms with Crippen molar-refractivity contribution in [3.8, 4) is 16.9 Å².